The Balaban J connectivity index is 1.78. The molecule has 4 aromatic rings. The molecule has 5 nitrogen and oxygen atoms in total. The van der Waals surface area contributed by atoms with Crippen molar-refractivity contribution in [1.29, 1.82) is 0 Å². The Morgan fingerprint density at radius 2 is 0.882 bits per heavy atom. The Labute approximate surface area is 198 Å². The predicted molar refractivity (Wildman–Crippen MR) is 130 cm³/mol. The summed E-state index contributed by atoms with van der Waals surface area (Å²) in [5, 5.41) is 40.1. The van der Waals surface area contributed by atoms with Crippen LogP contribution in [0.3, 0.4) is 0 Å². The lowest BCUT2D eigenvalue weighted by Crippen LogP contribution is -2.24. The largest absolute Gasteiger partial charge is 0.508 e. The van der Waals surface area contributed by atoms with Gasteiger partial charge in [0.25, 0.3) is 0 Å². The molecular formula is C29H26O5. The van der Waals surface area contributed by atoms with Gasteiger partial charge in [0.1, 0.15) is 28.8 Å². The Morgan fingerprint density at radius 1 is 0.529 bits per heavy atom. The molecule has 0 aromatic heterocycles. The summed E-state index contributed by atoms with van der Waals surface area (Å²) in [6, 6.07) is 26.8. The third-order valence-electron chi connectivity index (χ3n) is 5.93. The summed E-state index contributed by atoms with van der Waals surface area (Å²) in [7, 11) is 0. The molecule has 172 valence electrons. The van der Waals surface area contributed by atoms with Gasteiger partial charge in [-0.1, -0.05) is 48.5 Å². The maximum absolute atomic E-state index is 14.2. The van der Waals surface area contributed by atoms with Crippen molar-refractivity contribution in [1.82, 2.24) is 0 Å². The highest BCUT2D eigenvalue weighted by Gasteiger charge is 2.30. The zero-order valence-electron chi connectivity index (χ0n) is 18.5. The van der Waals surface area contributed by atoms with Crippen molar-refractivity contribution < 1.29 is 25.2 Å². The van der Waals surface area contributed by atoms with E-state index in [1.165, 1.54) is 0 Å². The van der Waals surface area contributed by atoms with Gasteiger partial charge in [-0.15, -0.1) is 0 Å². The van der Waals surface area contributed by atoms with Gasteiger partial charge >= 0.3 is 0 Å². The van der Waals surface area contributed by atoms with Gasteiger partial charge in [-0.2, -0.15) is 0 Å². The van der Waals surface area contributed by atoms with E-state index in [1.807, 2.05) is 12.1 Å². The highest BCUT2D eigenvalue weighted by Crippen LogP contribution is 2.35. The fourth-order valence-electron chi connectivity index (χ4n) is 4.33. The Morgan fingerprint density at radius 3 is 1.24 bits per heavy atom. The van der Waals surface area contributed by atoms with Gasteiger partial charge in [0.2, 0.25) is 0 Å². The molecule has 4 N–H and O–H groups in total. The SMILES string of the molecule is O=C(C(Cc1cccc(O)c1)c1cccc(O)c1)C(Cc1cccc(O)c1)c1cccc(O)c1. The van der Waals surface area contributed by atoms with Crippen LogP contribution in [-0.4, -0.2) is 26.2 Å². The topological polar surface area (TPSA) is 98.0 Å². The number of ketones is 1. The second kappa shape index (κ2) is 10.1. The van der Waals surface area contributed by atoms with Gasteiger partial charge < -0.3 is 20.4 Å². The molecule has 0 amide bonds. The minimum atomic E-state index is -0.612. The maximum atomic E-state index is 14.2. The van der Waals surface area contributed by atoms with Crippen LogP contribution in [0.4, 0.5) is 0 Å². The average molecular weight is 455 g/mol. The van der Waals surface area contributed by atoms with Gasteiger partial charge in [0.15, 0.2) is 0 Å². The van der Waals surface area contributed by atoms with E-state index in [1.54, 1.807) is 84.9 Å². The summed E-state index contributed by atoms with van der Waals surface area (Å²) in [4.78, 5) is 14.2. The molecule has 4 aromatic carbocycles. The number of carbonyl (C=O) groups is 1. The first-order chi connectivity index (χ1) is 16.4. The number of Topliss-reactive ketones (excluding diaryl/α,β-unsaturated/α-hetero) is 1. The zero-order chi connectivity index (χ0) is 24.1. The first-order valence-corrected chi connectivity index (χ1v) is 11.1. The number of rotatable bonds is 8. The van der Waals surface area contributed by atoms with Crippen LogP contribution in [0.25, 0.3) is 0 Å². The standard InChI is InChI=1S/C29H26O5/c30-23-9-1-5-19(13-23)15-27(21-7-3-11-25(32)17-21)29(34)28(22-8-4-12-26(33)18-22)16-20-6-2-10-24(31)14-20/h1-14,17-18,27-28,30-33H,15-16H2. The number of carbonyl (C=O) groups excluding carboxylic acids is 1. The van der Waals surface area contributed by atoms with Crippen LogP contribution < -0.4 is 0 Å². The molecule has 34 heavy (non-hydrogen) atoms. The van der Waals surface area contributed by atoms with Crippen LogP contribution in [0.5, 0.6) is 23.0 Å². The number of hydrogen-bond donors (Lipinski definition) is 4. The van der Waals surface area contributed by atoms with Crippen LogP contribution in [-0.2, 0) is 17.6 Å². The van der Waals surface area contributed by atoms with E-state index in [0.29, 0.717) is 24.0 Å². The predicted octanol–water partition coefficient (Wildman–Crippen LogP) is 5.43. The highest BCUT2D eigenvalue weighted by atomic mass is 16.3. The van der Waals surface area contributed by atoms with Crippen molar-refractivity contribution in [2.45, 2.75) is 24.7 Å². The fraction of sp³-hybridized carbons (Fsp3) is 0.138. The van der Waals surface area contributed by atoms with Crippen molar-refractivity contribution in [3.8, 4) is 23.0 Å². The monoisotopic (exact) mass is 454 g/mol. The van der Waals surface area contributed by atoms with E-state index >= 15 is 0 Å². The van der Waals surface area contributed by atoms with Gasteiger partial charge in [0, 0.05) is 11.8 Å². The van der Waals surface area contributed by atoms with E-state index in [0.717, 1.165) is 11.1 Å². The second-order valence-corrected chi connectivity index (χ2v) is 8.45. The third-order valence-corrected chi connectivity index (χ3v) is 5.93. The molecule has 0 aliphatic heterocycles. The minimum Gasteiger partial charge on any atom is -0.508 e. The lowest BCUT2D eigenvalue weighted by Gasteiger charge is -2.24. The summed E-state index contributed by atoms with van der Waals surface area (Å²) >= 11 is 0. The smallest absolute Gasteiger partial charge is 0.148 e. The summed E-state index contributed by atoms with van der Waals surface area (Å²) in [5.41, 5.74) is 2.89. The van der Waals surface area contributed by atoms with Crippen molar-refractivity contribution in [3.63, 3.8) is 0 Å². The summed E-state index contributed by atoms with van der Waals surface area (Å²) in [6.07, 6.45) is 0.651. The molecule has 0 heterocycles. The zero-order valence-corrected chi connectivity index (χ0v) is 18.5. The minimum absolute atomic E-state index is 0.0631. The lowest BCUT2D eigenvalue weighted by atomic mass is 9.78. The molecule has 0 aliphatic carbocycles. The average Bonchev–Trinajstić information content (AvgIpc) is 2.81. The Hall–Kier alpha value is -4.25. The van der Waals surface area contributed by atoms with E-state index in [-0.39, 0.29) is 28.8 Å². The molecule has 0 radical (unpaired) electrons. The van der Waals surface area contributed by atoms with Crippen LogP contribution >= 0.6 is 0 Å². The molecule has 2 atom stereocenters. The Bertz CT molecular complexity index is 1200. The van der Waals surface area contributed by atoms with E-state index in [2.05, 4.69) is 0 Å². The summed E-state index contributed by atoms with van der Waals surface area (Å²) < 4.78 is 0. The van der Waals surface area contributed by atoms with E-state index < -0.39 is 11.8 Å². The van der Waals surface area contributed by atoms with Crippen molar-refractivity contribution in [2.75, 3.05) is 0 Å². The normalized spacial score (nSPS) is 12.7. The first-order valence-electron chi connectivity index (χ1n) is 11.1. The quantitative estimate of drug-likeness (QED) is 0.285. The van der Waals surface area contributed by atoms with Crippen molar-refractivity contribution >= 4 is 5.78 Å². The number of benzene rings is 4. The van der Waals surface area contributed by atoms with Gasteiger partial charge in [-0.05, 0) is 83.6 Å². The van der Waals surface area contributed by atoms with Gasteiger partial charge in [-0.25, -0.2) is 0 Å². The Kier molecular flexibility index (Phi) is 6.83. The molecule has 4 rings (SSSR count). The van der Waals surface area contributed by atoms with Crippen LogP contribution in [0.15, 0.2) is 97.1 Å². The van der Waals surface area contributed by atoms with Crippen LogP contribution in [0.2, 0.25) is 0 Å². The third kappa shape index (κ3) is 5.56. The molecule has 5 heteroatoms. The second-order valence-electron chi connectivity index (χ2n) is 8.45. The van der Waals surface area contributed by atoms with E-state index in [9.17, 15) is 25.2 Å². The molecule has 2 unspecified atom stereocenters. The van der Waals surface area contributed by atoms with E-state index in [4.69, 9.17) is 0 Å². The molecule has 0 aliphatic rings. The molecule has 0 bridgehead atoms. The number of hydrogen-bond acceptors (Lipinski definition) is 5. The van der Waals surface area contributed by atoms with Crippen molar-refractivity contribution in [3.05, 3.63) is 119 Å². The maximum Gasteiger partial charge on any atom is 0.148 e. The number of aromatic hydroxyl groups is 4. The fourth-order valence-corrected chi connectivity index (χ4v) is 4.33. The molecular weight excluding hydrogens is 428 g/mol. The van der Waals surface area contributed by atoms with Crippen LogP contribution in [0.1, 0.15) is 34.1 Å². The highest BCUT2D eigenvalue weighted by molar-refractivity contribution is 5.92. The van der Waals surface area contributed by atoms with Gasteiger partial charge in [0.05, 0.1) is 0 Å². The number of phenols is 4. The first kappa shape index (κ1) is 22.9. The van der Waals surface area contributed by atoms with Crippen molar-refractivity contribution in [2.24, 2.45) is 0 Å². The number of phenolic OH excluding ortho intramolecular Hbond substituents is 4. The molecule has 0 saturated heterocycles. The summed E-state index contributed by atoms with van der Waals surface area (Å²) in [5.74, 6) is -0.964. The van der Waals surface area contributed by atoms with Crippen LogP contribution in [0, 0.1) is 0 Å². The van der Waals surface area contributed by atoms with Gasteiger partial charge in [-0.3, -0.25) is 4.79 Å². The molecule has 0 saturated carbocycles. The summed E-state index contributed by atoms with van der Waals surface area (Å²) in [6.45, 7) is 0. The molecule has 0 spiro atoms. The molecule has 0 fully saturated rings. The lowest BCUT2D eigenvalue weighted by molar-refractivity contribution is -0.122.